The first-order chi connectivity index (χ1) is 12.5. The lowest BCUT2D eigenvalue weighted by molar-refractivity contribution is -0.122. The van der Waals surface area contributed by atoms with E-state index in [1.54, 1.807) is 24.3 Å². The lowest BCUT2D eigenvalue weighted by Gasteiger charge is -2.09. The number of rotatable bonds is 6. The fraction of sp³-hybridized carbons (Fsp3) is 0.211. The summed E-state index contributed by atoms with van der Waals surface area (Å²) in [6.07, 6.45) is 0. The molecule has 0 saturated carbocycles. The molecule has 1 heterocycles. The fourth-order valence-electron chi connectivity index (χ4n) is 2.62. The van der Waals surface area contributed by atoms with Crippen molar-refractivity contribution in [2.75, 3.05) is 13.2 Å². The number of hydrogen-bond acceptors (Lipinski definition) is 4. The van der Waals surface area contributed by atoms with Crippen molar-refractivity contribution in [1.82, 2.24) is 15.1 Å². The van der Waals surface area contributed by atoms with Crippen LogP contribution in [0.1, 0.15) is 5.56 Å². The summed E-state index contributed by atoms with van der Waals surface area (Å²) in [6, 6.07) is 14.1. The zero-order chi connectivity index (χ0) is 18.5. The van der Waals surface area contributed by atoms with Crippen LogP contribution in [0.25, 0.3) is 10.8 Å². The SMILES string of the molecule is Cc1cccc(OCCNC(=O)Cn2[nH]c(=O)c3ccccc3c2=O)c1. The fourth-order valence-corrected chi connectivity index (χ4v) is 2.62. The van der Waals surface area contributed by atoms with Gasteiger partial charge in [0.1, 0.15) is 18.9 Å². The van der Waals surface area contributed by atoms with Gasteiger partial charge in [-0.1, -0.05) is 24.3 Å². The smallest absolute Gasteiger partial charge is 0.273 e. The van der Waals surface area contributed by atoms with Crippen molar-refractivity contribution >= 4 is 16.7 Å². The number of aromatic amines is 1. The molecule has 1 aromatic heterocycles. The summed E-state index contributed by atoms with van der Waals surface area (Å²) in [6.45, 7) is 2.30. The van der Waals surface area contributed by atoms with Gasteiger partial charge < -0.3 is 10.1 Å². The first-order valence-corrected chi connectivity index (χ1v) is 8.22. The molecule has 0 fully saturated rings. The standard InChI is InChI=1S/C19H19N3O4/c1-13-5-4-6-14(11-13)26-10-9-20-17(23)12-22-19(25)16-8-3-2-7-15(16)18(24)21-22/h2-8,11H,9-10,12H2,1H3,(H,20,23)(H,21,24). The van der Waals surface area contributed by atoms with E-state index >= 15 is 0 Å². The number of carbonyl (C=O) groups excluding carboxylic acids is 1. The molecule has 3 rings (SSSR count). The zero-order valence-electron chi connectivity index (χ0n) is 14.3. The Hall–Kier alpha value is -3.35. The van der Waals surface area contributed by atoms with E-state index in [1.807, 2.05) is 31.2 Å². The molecule has 2 aromatic carbocycles. The Morgan fingerprint density at radius 2 is 1.88 bits per heavy atom. The lowest BCUT2D eigenvalue weighted by atomic mass is 10.2. The summed E-state index contributed by atoms with van der Waals surface area (Å²) in [5, 5.41) is 5.68. The first kappa shape index (κ1) is 17.5. The minimum atomic E-state index is -0.411. The highest BCUT2D eigenvalue weighted by molar-refractivity contribution is 5.81. The van der Waals surface area contributed by atoms with E-state index in [4.69, 9.17) is 4.74 Å². The van der Waals surface area contributed by atoms with Crippen LogP contribution in [0, 0.1) is 6.92 Å². The predicted molar refractivity (Wildman–Crippen MR) is 98.5 cm³/mol. The quantitative estimate of drug-likeness (QED) is 0.651. The third-order valence-electron chi connectivity index (χ3n) is 3.87. The monoisotopic (exact) mass is 353 g/mol. The predicted octanol–water partition coefficient (Wildman–Crippen LogP) is 1.19. The van der Waals surface area contributed by atoms with Gasteiger partial charge >= 0.3 is 0 Å². The van der Waals surface area contributed by atoms with Gasteiger partial charge in [-0.25, -0.2) is 4.68 Å². The van der Waals surface area contributed by atoms with Crippen LogP contribution >= 0.6 is 0 Å². The van der Waals surface area contributed by atoms with Gasteiger partial charge in [0.2, 0.25) is 5.91 Å². The first-order valence-electron chi connectivity index (χ1n) is 8.22. The molecule has 7 nitrogen and oxygen atoms in total. The summed E-state index contributed by atoms with van der Waals surface area (Å²) in [5.41, 5.74) is 0.272. The zero-order valence-corrected chi connectivity index (χ0v) is 14.3. The molecule has 26 heavy (non-hydrogen) atoms. The third-order valence-corrected chi connectivity index (χ3v) is 3.87. The van der Waals surface area contributed by atoms with Crippen molar-refractivity contribution in [1.29, 1.82) is 0 Å². The molecule has 7 heteroatoms. The molecule has 3 aromatic rings. The Morgan fingerprint density at radius 1 is 1.12 bits per heavy atom. The molecule has 134 valence electrons. The molecule has 0 aliphatic heterocycles. The number of fused-ring (bicyclic) bond motifs is 1. The van der Waals surface area contributed by atoms with Gasteiger partial charge in [0, 0.05) is 0 Å². The van der Waals surface area contributed by atoms with Crippen molar-refractivity contribution in [3.05, 3.63) is 74.8 Å². The van der Waals surface area contributed by atoms with Gasteiger partial charge in [-0.2, -0.15) is 0 Å². The number of nitrogens with zero attached hydrogens (tertiary/aromatic N) is 1. The average Bonchev–Trinajstić information content (AvgIpc) is 2.63. The lowest BCUT2D eigenvalue weighted by Crippen LogP contribution is -2.37. The molecule has 2 N–H and O–H groups in total. The van der Waals surface area contributed by atoms with Crippen LogP contribution in [-0.2, 0) is 11.3 Å². The number of benzene rings is 2. The van der Waals surface area contributed by atoms with Gasteiger partial charge in [-0.3, -0.25) is 19.5 Å². The minimum absolute atomic E-state index is 0.261. The van der Waals surface area contributed by atoms with Crippen LogP contribution < -0.4 is 21.2 Å². The van der Waals surface area contributed by atoms with Crippen LogP contribution in [0.3, 0.4) is 0 Å². The van der Waals surface area contributed by atoms with Crippen molar-refractivity contribution in [2.45, 2.75) is 13.5 Å². The number of nitrogens with one attached hydrogen (secondary N) is 2. The maximum Gasteiger partial charge on any atom is 0.273 e. The van der Waals surface area contributed by atoms with E-state index in [0.717, 1.165) is 16.0 Å². The third kappa shape index (κ3) is 4.00. The Labute approximate surface area is 149 Å². The number of H-pyrrole nitrogens is 1. The van der Waals surface area contributed by atoms with Crippen LogP contribution in [0.15, 0.2) is 58.1 Å². The van der Waals surface area contributed by atoms with Gasteiger partial charge in [-0.05, 0) is 36.8 Å². The molecular formula is C19H19N3O4. The average molecular weight is 353 g/mol. The number of aromatic nitrogens is 2. The van der Waals surface area contributed by atoms with E-state index in [2.05, 4.69) is 10.4 Å². The van der Waals surface area contributed by atoms with Crippen molar-refractivity contribution in [2.24, 2.45) is 0 Å². The molecule has 0 saturated heterocycles. The number of carbonyl (C=O) groups is 1. The molecule has 1 amide bonds. The summed E-state index contributed by atoms with van der Waals surface area (Å²) < 4.78 is 6.56. The topological polar surface area (TPSA) is 93.2 Å². The van der Waals surface area contributed by atoms with E-state index in [9.17, 15) is 14.4 Å². The maximum absolute atomic E-state index is 12.4. The normalized spacial score (nSPS) is 10.7. The van der Waals surface area contributed by atoms with Gasteiger partial charge in [0.25, 0.3) is 11.1 Å². The van der Waals surface area contributed by atoms with Crippen LogP contribution in [0.5, 0.6) is 5.75 Å². The van der Waals surface area contributed by atoms with E-state index in [1.165, 1.54) is 0 Å². The minimum Gasteiger partial charge on any atom is -0.492 e. The second-order valence-electron chi connectivity index (χ2n) is 5.89. The number of amides is 1. The highest BCUT2D eigenvalue weighted by atomic mass is 16.5. The van der Waals surface area contributed by atoms with E-state index in [-0.39, 0.29) is 17.8 Å². The molecule has 0 aliphatic rings. The Bertz CT molecular complexity index is 1050. The Morgan fingerprint density at radius 3 is 2.65 bits per heavy atom. The number of aryl methyl sites for hydroxylation is 1. The van der Waals surface area contributed by atoms with Crippen molar-refractivity contribution in [3.63, 3.8) is 0 Å². The van der Waals surface area contributed by atoms with Crippen molar-refractivity contribution < 1.29 is 9.53 Å². The molecule has 0 aliphatic carbocycles. The van der Waals surface area contributed by atoms with Gasteiger partial charge in [0.15, 0.2) is 0 Å². The van der Waals surface area contributed by atoms with Gasteiger partial charge in [-0.15, -0.1) is 0 Å². The van der Waals surface area contributed by atoms with Gasteiger partial charge in [0.05, 0.1) is 17.3 Å². The summed E-state index contributed by atoms with van der Waals surface area (Å²) >= 11 is 0. The van der Waals surface area contributed by atoms with Crippen LogP contribution in [0.4, 0.5) is 0 Å². The number of hydrogen-bond donors (Lipinski definition) is 2. The van der Waals surface area contributed by atoms with Crippen LogP contribution in [-0.4, -0.2) is 28.8 Å². The van der Waals surface area contributed by atoms with Crippen LogP contribution in [0.2, 0.25) is 0 Å². The second-order valence-corrected chi connectivity index (χ2v) is 5.89. The largest absolute Gasteiger partial charge is 0.492 e. The van der Waals surface area contributed by atoms with Crippen molar-refractivity contribution in [3.8, 4) is 5.75 Å². The molecule has 0 spiro atoms. The highest BCUT2D eigenvalue weighted by Gasteiger charge is 2.09. The molecular weight excluding hydrogens is 334 g/mol. The molecule has 0 unspecified atom stereocenters. The Balaban J connectivity index is 1.58. The summed E-state index contributed by atoms with van der Waals surface area (Å²) in [7, 11) is 0. The Kier molecular flexibility index (Phi) is 5.17. The molecule has 0 atom stereocenters. The number of ether oxygens (including phenoxy) is 1. The highest BCUT2D eigenvalue weighted by Crippen LogP contribution is 2.11. The van der Waals surface area contributed by atoms with E-state index < -0.39 is 11.1 Å². The van der Waals surface area contributed by atoms with E-state index in [0.29, 0.717) is 18.5 Å². The molecule has 0 radical (unpaired) electrons. The second kappa shape index (κ2) is 7.69. The summed E-state index contributed by atoms with van der Waals surface area (Å²) in [5.74, 6) is 0.347. The maximum atomic E-state index is 12.4. The molecule has 0 bridgehead atoms. The summed E-state index contributed by atoms with van der Waals surface area (Å²) in [4.78, 5) is 36.4.